The van der Waals surface area contributed by atoms with Gasteiger partial charge in [-0.3, -0.25) is 0 Å². The second kappa shape index (κ2) is 7.92. The van der Waals surface area contributed by atoms with E-state index in [9.17, 15) is 10.2 Å². The molecule has 1 heterocycles. The van der Waals surface area contributed by atoms with E-state index in [1.54, 1.807) is 0 Å². The lowest BCUT2D eigenvalue weighted by atomic mass is 9.92. The number of benzene rings is 1. The van der Waals surface area contributed by atoms with Crippen molar-refractivity contribution in [1.29, 1.82) is 0 Å². The highest BCUT2D eigenvalue weighted by molar-refractivity contribution is 5.33. The number of hydrogen-bond donors (Lipinski definition) is 2. The van der Waals surface area contributed by atoms with Crippen LogP contribution in [0.2, 0.25) is 0 Å². The van der Waals surface area contributed by atoms with Gasteiger partial charge in [-0.2, -0.15) is 5.10 Å². The molecular formula is C19H29N3O2. The summed E-state index contributed by atoms with van der Waals surface area (Å²) < 4.78 is 1.93. The summed E-state index contributed by atoms with van der Waals surface area (Å²) in [5.74, 6) is 0.334. The molecule has 0 amide bonds. The Kier molecular flexibility index (Phi) is 6.15. The van der Waals surface area contributed by atoms with Gasteiger partial charge in [0.05, 0.1) is 24.6 Å². The Morgan fingerprint density at radius 2 is 1.79 bits per heavy atom. The predicted octanol–water partition coefficient (Wildman–Crippen LogP) is 2.42. The summed E-state index contributed by atoms with van der Waals surface area (Å²) >= 11 is 0. The van der Waals surface area contributed by atoms with Crippen LogP contribution < -0.4 is 0 Å². The maximum absolute atomic E-state index is 9.49. The summed E-state index contributed by atoms with van der Waals surface area (Å²) in [7, 11) is 2.01. The SMILES string of the molecule is CC(C)c1nn(-c2ccccc2)cc1CN(C)CC(C)(CO)CO. The van der Waals surface area contributed by atoms with Crippen LogP contribution in [0.4, 0.5) is 0 Å². The first-order chi connectivity index (χ1) is 11.4. The Morgan fingerprint density at radius 3 is 2.33 bits per heavy atom. The third-order valence-electron chi connectivity index (χ3n) is 4.25. The average molecular weight is 331 g/mol. The van der Waals surface area contributed by atoms with Crippen molar-refractivity contribution in [2.75, 3.05) is 26.8 Å². The van der Waals surface area contributed by atoms with Crippen LogP contribution >= 0.6 is 0 Å². The fourth-order valence-electron chi connectivity index (χ4n) is 2.89. The fraction of sp³-hybridized carbons (Fsp3) is 0.526. The summed E-state index contributed by atoms with van der Waals surface area (Å²) in [4.78, 5) is 2.13. The average Bonchev–Trinajstić information content (AvgIpc) is 2.99. The first kappa shape index (κ1) is 18.6. The molecule has 0 atom stereocenters. The van der Waals surface area contributed by atoms with Gasteiger partial charge in [0.25, 0.3) is 0 Å². The van der Waals surface area contributed by atoms with Gasteiger partial charge >= 0.3 is 0 Å². The molecule has 0 aliphatic carbocycles. The van der Waals surface area contributed by atoms with Gasteiger partial charge in [-0.15, -0.1) is 0 Å². The van der Waals surface area contributed by atoms with E-state index in [-0.39, 0.29) is 13.2 Å². The lowest BCUT2D eigenvalue weighted by Gasteiger charge is -2.30. The highest BCUT2D eigenvalue weighted by atomic mass is 16.3. The van der Waals surface area contributed by atoms with Crippen molar-refractivity contribution in [1.82, 2.24) is 14.7 Å². The minimum absolute atomic E-state index is 0.0336. The van der Waals surface area contributed by atoms with Crippen LogP contribution in [0.1, 0.15) is 37.9 Å². The Hall–Kier alpha value is -1.69. The molecule has 5 nitrogen and oxygen atoms in total. The number of aliphatic hydroxyl groups excluding tert-OH is 2. The molecule has 0 aliphatic rings. The van der Waals surface area contributed by atoms with Gasteiger partial charge in [0.2, 0.25) is 0 Å². The Bertz CT molecular complexity index is 633. The Morgan fingerprint density at radius 1 is 1.17 bits per heavy atom. The number of para-hydroxylation sites is 1. The second-order valence-corrected chi connectivity index (χ2v) is 7.27. The molecule has 2 N–H and O–H groups in total. The normalized spacial score (nSPS) is 12.3. The topological polar surface area (TPSA) is 61.5 Å². The van der Waals surface area contributed by atoms with Crippen LogP contribution in [-0.2, 0) is 6.54 Å². The van der Waals surface area contributed by atoms with E-state index in [0.717, 1.165) is 17.9 Å². The summed E-state index contributed by atoms with van der Waals surface area (Å²) in [5, 5.41) is 23.7. The summed E-state index contributed by atoms with van der Waals surface area (Å²) in [6, 6.07) is 10.1. The monoisotopic (exact) mass is 331 g/mol. The molecule has 2 rings (SSSR count). The van der Waals surface area contributed by atoms with Gasteiger partial charge in [0.15, 0.2) is 0 Å². The van der Waals surface area contributed by atoms with Crippen LogP contribution in [0, 0.1) is 5.41 Å². The maximum Gasteiger partial charge on any atom is 0.0699 e. The highest BCUT2D eigenvalue weighted by Gasteiger charge is 2.25. The molecule has 5 heteroatoms. The zero-order valence-electron chi connectivity index (χ0n) is 15.1. The molecular weight excluding hydrogens is 302 g/mol. The van der Waals surface area contributed by atoms with Crippen molar-refractivity contribution in [3.05, 3.63) is 47.8 Å². The molecule has 0 unspecified atom stereocenters. The van der Waals surface area contributed by atoms with E-state index in [1.165, 1.54) is 5.56 Å². The quantitative estimate of drug-likeness (QED) is 0.780. The number of aliphatic hydroxyl groups is 2. The van der Waals surface area contributed by atoms with Crippen LogP contribution in [-0.4, -0.2) is 51.7 Å². The van der Waals surface area contributed by atoms with E-state index in [4.69, 9.17) is 5.10 Å². The van der Waals surface area contributed by atoms with E-state index < -0.39 is 5.41 Å². The molecule has 1 aromatic heterocycles. The highest BCUT2D eigenvalue weighted by Crippen LogP contribution is 2.23. The summed E-state index contributed by atoms with van der Waals surface area (Å²) in [6.45, 7) is 7.46. The van der Waals surface area contributed by atoms with Gasteiger partial charge in [0, 0.05) is 30.3 Å². The molecule has 0 spiro atoms. The maximum atomic E-state index is 9.49. The molecule has 0 aliphatic heterocycles. The zero-order chi connectivity index (χ0) is 17.7. The fourth-order valence-corrected chi connectivity index (χ4v) is 2.89. The summed E-state index contributed by atoms with van der Waals surface area (Å²) in [5.41, 5.74) is 2.81. The van der Waals surface area contributed by atoms with E-state index in [0.29, 0.717) is 12.5 Å². The molecule has 132 valence electrons. The molecule has 0 saturated carbocycles. The third-order valence-corrected chi connectivity index (χ3v) is 4.25. The molecule has 24 heavy (non-hydrogen) atoms. The second-order valence-electron chi connectivity index (χ2n) is 7.27. The van der Waals surface area contributed by atoms with Gasteiger partial charge in [0.1, 0.15) is 0 Å². The minimum Gasteiger partial charge on any atom is -0.396 e. The Labute approximate surface area is 144 Å². The Balaban J connectivity index is 2.21. The number of aromatic nitrogens is 2. The van der Waals surface area contributed by atoms with Crippen LogP contribution in [0.3, 0.4) is 0 Å². The van der Waals surface area contributed by atoms with Crippen LogP contribution in [0.5, 0.6) is 0 Å². The standard InChI is InChI=1S/C19H29N3O2/c1-15(2)18-16(10-21(4)12-19(3,13-23)14-24)11-22(20-18)17-8-6-5-7-9-17/h5-9,11,15,23-24H,10,12-14H2,1-4H3. The van der Waals surface area contributed by atoms with Crippen molar-refractivity contribution >= 4 is 0 Å². The number of rotatable bonds is 8. The van der Waals surface area contributed by atoms with Gasteiger partial charge < -0.3 is 15.1 Å². The molecule has 2 aromatic rings. The van der Waals surface area contributed by atoms with Crippen LogP contribution in [0.15, 0.2) is 36.5 Å². The van der Waals surface area contributed by atoms with Gasteiger partial charge in [-0.25, -0.2) is 4.68 Å². The number of nitrogens with zero attached hydrogens (tertiary/aromatic N) is 3. The zero-order valence-corrected chi connectivity index (χ0v) is 15.1. The van der Waals surface area contributed by atoms with E-state index in [2.05, 4.69) is 24.9 Å². The van der Waals surface area contributed by atoms with Crippen LogP contribution in [0.25, 0.3) is 5.69 Å². The lowest BCUT2D eigenvalue weighted by molar-refractivity contribution is 0.0401. The minimum atomic E-state index is -0.498. The van der Waals surface area contributed by atoms with Gasteiger partial charge in [-0.1, -0.05) is 39.0 Å². The molecule has 0 saturated heterocycles. The molecule has 1 aromatic carbocycles. The van der Waals surface area contributed by atoms with Gasteiger partial charge in [-0.05, 0) is 25.1 Å². The van der Waals surface area contributed by atoms with Crippen molar-refractivity contribution in [3.63, 3.8) is 0 Å². The summed E-state index contributed by atoms with van der Waals surface area (Å²) in [6.07, 6.45) is 2.08. The van der Waals surface area contributed by atoms with Crippen molar-refractivity contribution in [3.8, 4) is 5.69 Å². The molecule has 0 radical (unpaired) electrons. The van der Waals surface area contributed by atoms with Crippen molar-refractivity contribution < 1.29 is 10.2 Å². The number of hydrogen-bond acceptors (Lipinski definition) is 4. The van der Waals surface area contributed by atoms with E-state index in [1.807, 2.05) is 49.0 Å². The molecule has 0 fully saturated rings. The largest absolute Gasteiger partial charge is 0.396 e. The lowest BCUT2D eigenvalue weighted by Crippen LogP contribution is -2.38. The first-order valence-corrected chi connectivity index (χ1v) is 8.42. The van der Waals surface area contributed by atoms with Crippen molar-refractivity contribution in [2.45, 2.75) is 33.2 Å². The third kappa shape index (κ3) is 4.44. The van der Waals surface area contributed by atoms with Crippen molar-refractivity contribution in [2.24, 2.45) is 5.41 Å². The van der Waals surface area contributed by atoms with E-state index >= 15 is 0 Å². The molecule has 0 bridgehead atoms. The predicted molar refractivity (Wildman–Crippen MR) is 96.3 cm³/mol. The smallest absolute Gasteiger partial charge is 0.0699 e. The first-order valence-electron chi connectivity index (χ1n) is 8.42.